The summed E-state index contributed by atoms with van der Waals surface area (Å²) < 4.78 is 12.5. The van der Waals surface area contributed by atoms with Crippen molar-refractivity contribution in [3.63, 3.8) is 0 Å². The first-order valence-electron chi connectivity index (χ1n) is 8.23. The number of halogens is 1. The van der Waals surface area contributed by atoms with Crippen molar-refractivity contribution < 1.29 is 4.39 Å². The molecule has 2 aromatic carbocycles. The second kappa shape index (κ2) is 10.8. The fourth-order valence-electron chi connectivity index (χ4n) is 2.30. The summed E-state index contributed by atoms with van der Waals surface area (Å²) in [6, 6.07) is 16.7. The molecule has 2 aromatic rings. The number of azo groups is 1. The molecule has 2 atom stereocenters. The van der Waals surface area contributed by atoms with Gasteiger partial charge in [0.2, 0.25) is 0 Å². The van der Waals surface area contributed by atoms with Crippen LogP contribution in [0.25, 0.3) is 0 Å². The molecule has 2 unspecified atom stereocenters. The van der Waals surface area contributed by atoms with Crippen LogP contribution in [0.5, 0.6) is 0 Å². The standard InChI is InChI=1S/C18H20FN5O2/c19-18(24-26)13-22-21-11-10-14-6-8-16(9-7-14)20-12-17(23-25)15-4-2-1-3-5-15/h1-9,17-18,20H,10-13H2. The molecule has 0 fully saturated rings. The highest BCUT2D eigenvalue weighted by atomic mass is 19.1. The van der Waals surface area contributed by atoms with Gasteiger partial charge in [-0.25, -0.2) is 4.39 Å². The van der Waals surface area contributed by atoms with Crippen LogP contribution in [0.2, 0.25) is 0 Å². The Hall–Kier alpha value is -3.03. The number of anilines is 1. The lowest BCUT2D eigenvalue weighted by Gasteiger charge is -2.12. The summed E-state index contributed by atoms with van der Waals surface area (Å²) in [6.07, 6.45) is -1.18. The molecule has 7 nitrogen and oxygen atoms in total. The van der Waals surface area contributed by atoms with Crippen LogP contribution >= 0.6 is 0 Å². The van der Waals surface area contributed by atoms with Crippen molar-refractivity contribution in [3.05, 3.63) is 75.5 Å². The van der Waals surface area contributed by atoms with Crippen LogP contribution in [0, 0.1) is 9.81 Å². The molecule has 1 N–H and O–H groups in total. The van der Waals surface area contributed by atoms with Crippen LogP contribution < -0.4 is 5.32 Å². The van der Waals surface area contributed by atoms with E-state index < -0.39 is 12.3 Å². The minimum atomic E-state index is -1.83. The Bertz CT molecular complexity index is 709. The molecule has 8 heteroatoms. The molecule has 136 valence electrons. The third-order valence-corrected chi connectivity index (χ3v) is 3.71. The van der Waals surface area contributed by atoms with Gasteiger partial charge in [-0.3, -0.25) is 0 Å². The van der Waals surface area contributed by atoms with Crippen molar-refractivity contribution in [3.8, 4) is 0 Å². The quantitative estimate of drug-likeness (QED) is 0.360. The highest BCUT2D eigenvalue weighted by molar-refractivity contribution is 5.45. The number of hydrogen-bond acceptors (Lipinski definition) is 7. The van der Waals surface area contributed by atoms with Gasteiger partial charge in [0.15, 0.2) is 0 Å². The molecule has 0 bridgehead atoms. The molecule has 0 radical (unpaired) electrons. The number of alkyl halides is 1. The predicted molar refractivity (Wildman–Crippen MR) is 98.9 cm³/mol. The summed E-state index contributed by atoms with van der Waals surface area (Å²) in [5.41, 5.74) is 2.81. The molecular weight excluding hydrogens is 337 g/mol. The molecule has 2 rings (SSSR count). The summed E-state index contributed by atoms with van der Waals surface area (Å²) in [6.45, 7) is 0.486. The first kappa shape index (κ1) is 19.3. The van der Waals surface area contributed by atoms with E-state index in [1.807, 2.05) is 54.6 Å². The van der Waals surface area contributed by atoms with Gasteiger partial charge in [-0.15, -0.1) is 4.91 Å². The maximum Gasteiger partial charge on any atom is 0.251 e. The first-order chi connectivity index (χ1) is 12.7. The van der Waals surface area contributed by atoms with E-state index in [1.54, 1.807) is 0 Å². The minimum absolute atomic E-state index is 0.334. The predicted octanol–water partition coefficient (Wildman–Crippen LogP) is 4.66. The Balaban J connectivity index is 1.78. The zero-order valence-corrected chi connectivity index (χ0v) is 14.2. The van der Waals surface area contributed by atoms with Crippen LogP contribution in [-0.4, -0.2) is 25.9 Å². The molecule has 26 heavy (non-hydrogen) atoms. The number of nitrogens with one attached hydrogen (secondary N) is 1. The molecule has 0 heterocycles. The molecule has 0 saturated heterocycles. The van der Waals surface area contributed by atoms with E-state index in [0.717, 1.165) is 16.8 Å². The van der Waals surface area contributed by atoms with Gasteiger partial charge >= 0.3 is 0 Å². The maximum atomic E-state index is 12.5. The summed E-state index contributed by atoms with van der Waals surface area (Å²) in [7, 11) is 0. The third-order valence-electron chi connectivity index (χ3n) is 3.71. The van der Waals surface area contributed by atoms with Gasteiger partial charge in [0.25, 0.3) is 6.30 Å². The SMILES string of the molecule is O=NC(F)CN=NCCc1ccc(NCC(N=O)c2ccccc2)cc1. The summed E-state index contributed by atoms with van der Waals surface area (Å²) in [4.78, 5) is 20.9. The zero-order chi connectivity index (χ0) is 18.6. The third kappa shape index (κ3) is 6.46. The molecule has 0 aliphatic rings. The van der Waals surface area contributed by atoms with Gasteiger partial charge in [0.05, 0.1) is 6.54 Å². The van der Waals surface area contributed by atoms with Crippen LogP contribution in [0.4, 0.5) is 10.1 Å². The Morgan fingerprint density at radius 2 is 1.65 bits per heavy atom. The maximum absolute atomic E-state index is 12.5. The molecule has 0 aliphatic heterocycles. The van der Waals surface area contributed by atoms with Gasteiger partial charge in [0, 0.05) is 12.2 Å². The largest absolute Gasteiger partial charge is 0.382 e. The molecular formula is C18H20FN5O2. The minimum Gasteiger partial charge on any atom is -0.382 e. The van der Waals surface area contributed by atoms with Crippen molar-refractivity contribution in [1.82, 2.24) is 0 Å². The van der Waals surface area contributed by atoms with Crippen molar-refractivity contribution in [2.75, 3.05) is 25.0 Å². The lowest BCUT2D eigenvalue weighted by Crippen LogP contribution is -2.10. The molecule has 0 spiro atoms. The van der Waals surface area contributed by atoms with Crippen LogP contribution in [-0.2, 0) is 6.42 Å². The van der Waals surface area contributed by atoms with Crippen LogP contribution in [0.1, 0.15) is 17.2 Å². The van der Waals surface area contributed by atoms with E-state index in [4.69, 9.17) is 0 Å². The second-order valence-corrected chi connectivity index (χ2v) is 5.59. The second-order valence-electron chi connectivity index (χ2n) is 5.59. The lowest BCUT2D eigenvalue weighted by molar-refractivity contribution is 0.349. The van der Waals surface area contributed by atoms with E-state index in [9.17, 15) is 14.2 Å². The number of rotatable bonds is 11. The van der Waals surface area contributed by atoms with E-state index in [1.165, 1.54) is 0 Å². The average Bonchev–Trinajstić information content (AvgIpc) is 2.70. The van der Waals surface area contributed by atoms with Crippen LogP contribution in [0.3, 0.4) is 0 Å². The summed E-state index contributed by atoms with van der Waals surface area (Å²) in [5, 5.41) is 16.0. The monoisotopic (exact) mass is 357 g/mol. The topological polar surface area (TPSA) is 95.6 Å². The average molecular weight is 357 g/mol. The normalized spacial score (nSPS) is 13.3. The number of nitrogens with zero attached hydrogens (tertiary/aromatic N) is 4. The summed E-state index contributed by atoms with van der Waals surface area (Å²) >= 11 is 0. The zero-order valence-electron chi connectivity index (χ0n) is 14.2. The van der Waals surface area contributed by atoms with Gasteiger partial charge < -0.3 is 5.32 Å². The Morgan fingerprint density at radius 3 is 2.31 bits per heavy atom. The van der Waals surface area contributed by atoms with Crippen molar-refractivity contribution >= 4 is 5.69 Å². The molecule has 0 aromatic heterocycles. The smallest absolute Gasteiger partial charge is 0.251 e. The van der Waals surface area contributed by atoms with E-state index in [2.05, 4.69) is 25.9 Å². The van der Waals surface area contributed by atoms with Gasteiger partial charge in [-0.2, -0.15) is 15.1 Å². The molecule has 0 aliphatic carbocycles. The van der Waals surface area contributed by atoms with E-state index in [-0.39, 0.29) is 6.54 Å². The fourth-order valence-corrected chi connectivity index (χ4v) is 2.30. The number of benzene rings is 2. The number of nitroso groups, excluding NO2 is 2. The van der Waals surface area contributed by atoms with Gasteiger partial charge in [0.1, 0.15) is 12.6 Å². The van der Waals surface area contributed by atoms with Crippen molar-refractivity contribution in [2.45, 2.75) is 18.8 Å². The van der Waals surface area contributed by atoms with Gasteiger partial charge in [-0.1, -0.05) is 47.6 Å². The lowest BCUT2D eigenvalue weighted by atomic mass is 10.1. The van der Waals surface area contributed by atoms with Crippen molar-refractivity contribution in [1.29, 1.82) is 0 Å². The highest BCUT2D eigenvalue weighted by Crippen LogP contribution is 2.18. The highest BCUT2D eigenvalue weighted by Gasteiger charge is 2.10. The van der Waals surface area contributed by atoms with E-state index >= 15 is 0 Å². The molecule has 0 saturated carbocycles. The number of hydrogen-bond donors (Lipinski definition) is 1. The Morgan fingerprint density at radius 1 is 0.923 bits per heavy atom. The van der Waals surface area contributed by atoms with Crippen LogP contribution in [0.15, 0.2) is 75.2 Å². The van der Waals surface area contributed by atoms with E-state index in [0.29, 0.717) is 19.5 Å². The van der Waals surface area contributed by atoms with Gasteiger partial charge in [-0.05, 0) is 34.9 Å². The Kier molecular flexibility index (Phi) is 7.98. The van der Waals surface area contributed by atoms with Crippen molar-refractivity contribution in [2.24, 2.45) is 20.6 Å². The fraction of sp³-hybridized carbons (Fsp3) is 0.333. The first-order valence-corrected chi connectivity index (χ1v) is 8.23. The summed E-state index contributed by atoms with van der Waals surface area (Å²) in [5.74, 6) is 0. The molecule has 0 amide bonds. The Labute approximate surface area is 150 Å².